The van der Waals surface area contributed by atoms with Crippen LogP contribution in [0.3, 0.4) is 0 Å². The molecule has 1 aromatic carbocycles. The summed E-state index contributed by atoms with van der Waals surface area (Å²) in [6.07, 6.45) is 6.10. The standard InChI is InChI=1S/C23H38N4O2/c1-23(2,3)11-14-27(16-18-5-6-18)22-8-7-20(15-21(22)24-4)29-26-28-17-19-9-12-25-13-10-19/h7-8,15,18-19,25-26H,4-6,9-14,16-17H2,1-3H3. The lowest BCUT2D eigenvalue weighted by molar-refractivity contribution is -0.119. The molecule has 2 N–H and O–H groups in total. The second-order valence-corrected chi connectivity index (χ2v) is 9.70. The zero-order chi connectivity index (χ0) is 20.7. The first-order valence-corrected chi connectivity index (χ1v) is 11.0. The van der Waals surface area contributed by atoms with Gasteiger partial charge in [-0.05, 0) is 86.9 Å². The van der Waals surface area contributed by atoms with E-state index in [0.29, 0.717) is 23.7 Å². The molecule has 2 fully saturated rings. The molecule has 0 atom stereocenters. The minimum Gasteiger partial charge on any atom is -0.383 e. The van der Waals surface area contributed by atoms with Crippen molar-refractivity contribution in [2.75, 3.05) is 37.7 Å². The molecular weight excluding hydrogens is 364 g/mol. The average molecular weight is 403 g/mol. The summed E-state index contributed by atoms with van der Waals surface area (Å²) >= 11 is 0. The van der Waals surface area contributed by atoms with Crippen LogP contribution in [0.5, 0.6) is 5.75 Å². The van der Waals surface area contributed by atoms with Gasteiger partial charge in [0.05, 0.1) is 18.0 Å². The highest BCUT2D eigenvalue weighted by Crippen LogP contribution is 2.37. The number of aliphatic imine (C=N–C) groups is 1. The van der Waals surface area contributed by atoms with E-state index in [0.717, 1.165) is 62.7 Å². The van der Waals surface area contributed by atoms with E-state index in [2.05, 4.69) is 54.4 Å². The molecule has 6 nitrogen and oxygen atoms in total. The maximum absolute atomic E-state index is 5.59. The van der Waals surface area contributed by atoms with Crippen LogP contribution in [-0.2, 0) is 4.84 Å². The van der Waals surface area contributed by atoms with Crippen LogP contribution in [0.1, 0.15) is 52.9 Å². The molecule has 1 aliphatic heterocycles. The Hall–Kier alpha value is -1.63. The van der Waals surface area contributed by atoms with Crippen LogP contribution in [0.25, 0.3) is 0 Å². The molecular formula is C23H38N4O2. The second kappa shape index (κ2) is 10.4. The van der Waals surface area contributed by atoms with Gasteiger partial charge in [-0.2, -0.15) is 0 Å². The van der Waals surface area contributed by atoms with Crippen LogP contribution in [0.15, 0.2) is 23.2 Å². The molecule has 0 bridgehead atoms. The molecule has 1 heterocycles. The molecule has 162 valence electrons. The number of anilines is 1. The van der Waals surface area contributed by atoms with E-state index in [1.165, 1.54) is 12.8 Å². The fourth-order valence-corrected chi connectivity index (χ4v) is 3.63. The van der Waals surface area contributed by atoms with Crippen molar-refractivity contribution >= 4 is 18.1 Å². The topological polar surface area (TPSA) is 58.1 Å². The molecule has 1 aliphatic carbocycles. The maximum Gasteiger partial charge on any atom is 0.152 e. The van der Waals surface area contributed by atoms with Gasteiger partial charge in [-0.1, -0.05) is 20.8 Å². The fourth-order valence-electron chi connectivity index (χ4n) is 3.63. The SMILES string of the molecule is C=Nc1cc(ONOCC2CCNCC2)ccc1N(CCC(C)(C)C)CC1CC1. The smallest absolute Gasteiger partial charge is 0.152 e. The summed E-state index contributed by atoms with van der Waals surface area (Å²) in [4.78, 5) is 17.8. The van der Waals surface area contributed by atoms with Crippen LogP contribution in [-0.4, -0.2) is 39.5 Å². The van der Waals surface area contributed by atoms with Gasteiger partial charge in [-0.25, -0.2) is 0 Å². The van der Waals surface area contributed by atoms with Gasteiger partial charge in [0.1, 0.15) is 0 Å². The Morgan fingerprint density at radius 1 is 1.17 bits per heavy atom. The van der Waals surface area contributed by atoms with Crippen molar-refractivity contribution in [3.05, 3.63) is 18.2 Å². The average Bonchev–Trinajstić information content (AvgIpc) is 3.53. The molecule has 29 heavy (non-hydrogen) atoms. The van der Waals surface area contributed by atoms with Gasteiger partial charge in [-0.15, -0.1) is 0 Å². The number of nitrogens with zero attached hydrogens (tertiary/aromatic N) is 2. The van der Waals surface area contributed by atoms with E-state index >= 15 is 0 Å². The monoisotopic (exact) mass is 402 g/mol. The predicted octanol–water partition coefficient (Wildman–Crippen LogP) is 4.49. The molecule has 0 amide bonds. The normalized spacial score (nSPS) is 17.9. The van der Waals surface area contributed by atoms with Gasteiger partial charge in [0, 0.05) is 19.2 Å². The third-order valence-corrected chi connectivity index (χ3v) is 5.76. The first-order valence-electron chi connectivity index (χ1n) is 11.0. The molecule has 0 unspecified atom stereocenters. The van der Waals surface area contributed by atoms with Crippen LogP contribution < -0.4 is 20.7 Å². The fraction of sp³-hybridized carbons (Fsp3) is 0.696. The lowest BCUT2D eigenvalue weighted by Crippen LogP contribution is -2.32. The maximum atomic E-state index is 5.59. The molecule has 0 radical (unpaired) electrons. The lowest BCUT2D eigenvalue weighted by atomic mass is 9.92. The van der Waals surface area contributed by atoms with E-state index < -0.39 is 0 Å². The molecule has 0 aromatic heterocycles. The predicted molar refractivity (Wildman–Crippen MR) is 120 cm³/mol. The highest BCUT2D eigenvalue weighted by molar-refractivity contribution is 5.71. The molecule has 6 heteroatoms. The summed E-state index contributed by atoms with van der Waals surface area (Å²) in [5.74, 6) is 2.08. The molecule has 0 spiro atoms. The summed E-state index contributed by atoms with van der Waals surface area (Å²) in [5.41, 5.74) is 4.94. The van der Waals surface area contributed by atoms with Crippen LogP contribution in [0.4, 0.5) is 11.4 Å². The van der Waals surface area contributed by atoms with Gasteiger partial charge < -0.3 is 15.1 Å². The van der Waals surface area contributed by atoms with Crippen molar-refractivity contribution in [3.8, 4) is 5.75 Å². The first kappa shape index (κ1) is 22.1. The van der Waals surface area contributed by atoms with Gasteiger partial charge in [0.15, 0.2) is 5.75 Å². The van der Waals surface area contributed by atoms with Gasteiger partial charge in [-0.3, -0.25) is 9.83 Å². The zero-order valence-corrected chi connectivity index (χ0v) is 18.4. The third kappa shape index (κ3) is 7.61. The minimum atomic E-state index is 0.308. The Morgan fingerprint density at radius 2 is 1.93 bits per heavy atom. The number of nitrogens with one attached hydrogen (secondary N) is 2. The van der Waals surface area contributed by atoms with E-state index in [1.54, 1.807) is 0 Å². The van der Waals surface area contributed by atoms with E-state index in [9.17, 15) is 0 Å². The Bertz CT molecular complexity index is 649. The summed E-state index contributed by atoms with van der Waals surface area (Å²) in [6.45, 7) is 15.6. The number of hydrogen-bond donors (Lipinski definition) is 2. The summed E-state index contributed by atoms with van der Waals surface area (Å²) < 4.78 is 0. The van der Waals surface area contributed by atoms with E-state index in [-0.39, 0.29) is 0 Å². The van der Waals surface area contributed by atoms with Crippen molar-refractivity contribution in [1.29, 1.82) is 0 Å². The van der Waals surface area contributed by atoms with E-state index in [1.807, 2.05) is 12.1 Å². The number of benzene rings is 1. The lowest BCUT2D eigenvalue weighted by Gasteiger charge is -2.30. The molecule has 3 rings (SSSR count). The summed E-state index contributed by atoms with van der Waals surface area (Å²) in [7, 11) is 0. The molecule has 2 aliphatic rings. The van der Waals surface area contributed by atoms with Crippen molar-refractivity contribution in [1.82, 2.24) is 11.0 Å². The molecule has 1 aromatic rings. The first-order chi connectivity index (χ1) is 13.9. The summed E-state index contributed by atoms with van der Waals surface area (Å²) in [6, 6.07) is 6.00. The molecule has 1 saturated heterocycles. The van der Waals surface area contributed by atoms with Gasteiger partial charge in [0.25, 0.3) is 0 Å². The Balaban J connectivity index is 1.56. The van der Waals surface area contributed by atoms with Crippen molar-refractivity contribution < 1.29 is 9.68 Å². The number of piperidine rings is 1. The Labute approximate surface area is 176 Å². The highest BCUT2D eigenvalue weighted by Gasteiger charge is 2.26. The quantitative estimate of drug-likeness (QED) is 0.325. The van der Waals surface area contributed by atoms with Crippen LogP contribution >= 0.6 is 0 Å². The van der Waals surface area contributed by atoms with Crippen LogP contribution in [0, 0.1) is 17.3 Å². The summed E-state index contributed by atoms with van der Waals surface area (Å²) in [5, 5.41) is 3.36. The van der Waals surface area contributed by atoms with Crippen molar-refractivity contribution in [3.63, 3.8) is 0 Å². The Morgan fingerprint density at radius 3 is 2.59 bits per heavy atom. The van der Waals surface area contributed by atoms with Crippen molar-refractivity contribution in [2.24, 2.45) is 22.2 Å². The molecule has 1 saturated carbocycles. The largest absolute Gasteiger partial charge is 0.383 e. The highest BCUT2D eigenvalue weighted by atomic mass is 16.9. The third-order valence-electron chi connectivity index (χ3n) is 5.76. The van der Waals surface area contributed by atoms with Crippen LogP contribution in [0.2, 0.25) is 0 Å². The van der Waals surface area contributed by atoms with E-state index in [4.69, 9.17) is 9.68 Å². The Kier molecular flexibility index (Phi) is 7.92. The number of hydrogen-bond acceptors (Lipinski definition) is 6. The number of rotatable bonds is 11. The second-order valence-electron chi connectivity index (χ2n) is 9.70. The van der Waals surface area contributed by atoms with Crippen molar-refractivity contribution in [2.45, 2.75) is 52.9 Å². The minimum absolute atomic E-state index is 0.308. The van der Waals surface area contributed by atoms with Gasteiger partial charge >= 0.3 is 0 Å². The zero-order valence-electron chi connectivity index (χ0n) is 18.4. The van der Waals surface area contributed by atoms with Gasteiger partial charge in [0.2, 0.25) is 0 Å².